The smallest absolute Gasteiger partial charge is 0.129 e. The van der Waals surface area contributed by atoms with Gasteiger partial charge in [-0.2, -0.15) is 0 Å². The van der Waals surface area contributed by atoms with Crippen molar-refractivity contribution < 1.29 is 0 Å². The van der Waals surface area contributed by atoms with Gasteiger partial charge in [0.15, 0.2) is 0 Å². The molecule has 2 aromatic rings. The molecular formula is C15H16BrClN2. The predicted octanol–water partition coefficient (Wildman–Crippen LogP) is 4.53. The number of halogens is 2. The number of pyridine rings is 1. The van der Waals surface area contributed by atoms with Crippen molar-refractivity contribution in [2.45, 2.75) is 19.3 Å². The summed E-state index contributed by atoms with van der Waals surface area (Å²) in [5, 5.41) is 0. The van der Waals surface area contributed by atoms with Crippen LogP contribution in [0.25, 0.3) is 0 Å². The first-order chi connectivity index (χ1) is 9.08. The molecule has 0 fully saturated rings. The fraction of sp³-hybridized carbons (Fsp3) is 0.267. The molecule has 1 aromatic heterocycles. The number of rotatable bonds is 4. The first-order valence-corrected chi connectivity index (χ1v) is 7.40. The van der Waals surface area contributed by atoms with Crippen LogP contribution < -0.4 is 4.90 Å². The van der Waals surface area contributed by atoms with Gasteiger partial charge in [0.2, 0.25) is 0 Å². The van der Waals surface area contributed by atoms with E-state index in [-0.39, 0.29) is 0 Å². The number of aromatic nitrogens is 1. The lowest BCUT2D eigenvalue weighted by atomic mass is 10.2. The first kappa shape index (κ1) is 14.4. The van der Waals surface area contributed by atoms with Crippen molar-refractivity contribution in [3.05, 3.63) is 57.7 Å². The van der Waals surface area contributed by atoms with Gasteiger partial charge in [-0.25, -0.2) is 4.98 Å². The Kier molecular flexibility index (Phi) is 4.83. The Balaban J connectivity index is 2.17. The van der Waals surface area contributed by atoms with Gasteiger partial charge in [0, 0.05) is 29.6 Å². The van der Waals surface area contributed by atoms with Crippen LogP contribution in [-0.2, 0) is 12.4 Å². The van der Waals surface area contributed by atoms with Crippen LogP contribution >= 0.6 is 27.5 Å². The molecule has 0 atom stereocenters. The van der Waals surface area contributed by atoms with Crippen molar-refractivity contribution in [1.82, 2.24) is 4.98 Å². The molecule has 1 aromatic carbocycles. The first-order valence-electron chi connectivity index (χ1n) is 6.07. The van der Waals surface area contributed by atoms with Gasteiger partial charge in [-0.3, -0.25) is 0 Å². The van der Waals surface area contributed by atoms with E-state index in [9.17, 15) is 0 Å². The minimum atomic E-state index is 0.516. The van der Waals surface area contributed by atoms with Gasteiger partial charge < -0.3 is 4.90 Å². The van der Waals surface area contributed by atoms with Crippen LogP contribution in [0.5, 0.6) is 0 Å². The van der Waals surface area contributed by atoms with E-state index < -0.39 is 0 Å². The summed E-state index contributed by atoms with van der Waals surface area (Å²) in [6.45, 7) is 2.82. The molecule has 0 saturated heterocycles. The molecule has 2 nitrogen and oxygen atoms in total. The number of aryl methyl sites for hydroxylation is 1. The minimum Gasteiger partial charge on any atom is -0.355 e. The minimum absolute atomic E-state index is 0.516. The monoisotopic (exact) mass is 338 g/mol. The molecule has 1 heterocycles. The molecule has 0 N–H and O–H groups in total. The molecule has 0 aliphatic carbocycles. The van der Waals surface area contributed by atoms with Crippen LogP contribution in [0.15, 0.2) is 40.9 Å². The molecule has 0 radical (unpaired) electrons. The van der Waals surface area contributed by atoms with E-state index in [2.05, 4.69) is 50.1 Å². The van der Waals surface area contributed by atoms with Gasteiger partial charge in [-0.15, -0.1) is 11.6 Å². The summed E-state index contributed by atoms with van der Waals surface area (Å²) in [7, 11) is 2.04. The van der Waals surface area contributed by atoms with Crippen LogP contribution in [0, 0.1) is 6.92 Å². The summed E-state index contributed by atoms with van der Waals surface area (Å²) in [6.07, 6.45) is 0. The molecule has 2 rings (SSSR count). The highest BCUT2D eigenvalue weighted by Crippen LogP contribution is 2.18. The topological polar surface area (TPSA) is 16.1 Å². The predicted molar refractivity (Wildman–Crippen MR) is 84.8 cm³/mol. The molecule has 0 aliphatic rings. The van der Waals surface area contributed by atoms with Crippen molar-refractivity contribution in [2.24, 2.45) is 0 Å². The molecule has 0 unspecified atom stereocenters. The maximum Gasteiger partial charge on any atom is 0.129 e. The molecule has 0 spiro atoms. The van der Waals surface area contributed by atoms with Gasteiger partial charge in [-0.1, -0.05) is 28.1 Å². The number of nitrogens with zero attached hydrogens (tertiary/aromatic N) is 2. The Morgan fingerprint density at radius 1 is 1.16 bits per heavy atom. The van der Waals surface area contributed by atoms with Gasteiger partial charge >= 0.3 is 0 Å². The second kappa shape index (κ2) is 6.40. The quantitative estimate of drug-likeness (QED) is 0.761. The Hall–Kier alpha value is -1.06. The molecule has 0 saturated carbocycles. The van der Waals surface area contributed by atoms with Crippen molar-refractivity contribution in [3.63, 3.8) is 0 Å². The highest BCUT2D eigenvalue weighted by Gasteiger charge is 2.06. The molecule has 0 amide bonds. The van der Waals surface area contributed by atoms with Crippen molar-refractivity contribution in [2.75, 3.05) is 11.9 Å². The third-order valence-electron chi connectivity index (χ3n) is 2.88. The van der Waals surface area contributed by atoms with Crippen LogP contribution in [-0.4, -0.2) is 12.0 Å². The zero-order valence-electron chi connectivity index (χ0n) is 11.0. The normalized spacial score (nSPS) is 10.5. The number of benzene rings is 1. The molecule has 0 bridgehead atoms. The Bertz CT molecular complexity index is 555. The standard InChI is InChI=1S/C15H16BrClN2/c1-11-7-13(9-17)8-15(18-11)19(2)10-12-3-5-14(16)6-4-12/h3-8H,9-10H2,1-2H3. The second-order valence-corrected chi connectivity index (χ2v) is 5.77. The highest BCUT2D eigenvalue weighted by atomic mass is 79.9. The van der Waals surface area contributed by atoms with E-state index in [4.69, 9.17) is 11.6 Å². The lowest BCUT2D eigenvalue weighted by Crippen LogP contribution is -2.18. The second-order valence-electron chi connectivity index (χ2n) is 4.59. The van der Waals surface area contributed by atoms with Crippen LogP contribution in [0.1, 0.15) is 16.8 Å². The fourth-order valence-electron chi connectivity index (χ4n) is 1.94. The molecule has 100 valence electrons. The lowest BCUT2D eigenvalue weighted by molar-refractivity contribution is 0.889. The van der Waals surface area contributed by atoms with E-state index >= 15 is 0 Å². The Morgan fingerprint density at radius 3 is 2.47 bits per heavy atom. The van der Waals surface area contributed by atoms with Crippen LogP contribution in [0.3, 0.4) is 0 Å². The van der Waals surface area contributed by atoms with Gasteiger partial charge in [-0.05, 0) is 42.3 Å². The Labute approximate surface area is 127 Å². The summed E-state index contributed by atoms with van der Waals surface area (Å²) < 4.78 is 1.09. The summed E-state index contributed by atoms with van der Waals surface area (Å²) >= 11 is 9.35. The van der Waals surface area contributed by atoms with Gasteiger partial charge in [0.05, 0.1) is 0 Å². The van der Waals surface area contributed by atoms with Gasteiger partial charge in [0.1, 0.15) is 5.82 Å². The summed E-state index contributed by atoms with van der Waals surface area (Å²) in [4.78, 5) is 6.68. The van der Waals surface area contributed by atoms with Crippen molar-refractivity contribution in [1.29, 1.82) is 0 Å². The molecule has 19 heavy (non-hydrogen) atoms. The lowest BCUT2D eigenvalue weighted by Gasteiger charge is -2.19. The molecule has 0 aliphatic heterocycles. The number of hydrogen-bond donors (Lipinski definition) is 0. The van der Waals surface area contributed by atoms with Gasteiger partial charge in [0.25, 0.3) is 0 Å². The van der Waals surface area contributed by atoms with Crippen LogP contribution in [0.4, 0.5) is 5.82 Å². The third kappa shape index (κ3) is 3.95. The molecule has 4 heteroatoms. The number of alkyl halides is 1. The largest absolute Gasteiger partial charge is 0.355 e. The van der Waals surface area contributed by atoms with E-state index in [1.54, 1.807) is 0 Å². The maximum absolute atomic E-state index is 5.90. The SMILES string of the molecule is Cc1cc(CCl)cc(N(C)Cc2ccc(Br)cc2)n1. The summed E-state index contributed by atoms with van der Waals surface area (Å²) in [5.41, 5.74) is 3.35. The maximum atomic E-state index is 5.90. The number of anilines is 1. The third-order valence-corrected chi connectivity index (χ3v) is 3.72. The zero-order chi connectivity index (χ0) is 13.8. The fourth-order valence-corrected chi connectivity index (χ4v) is 2.36. The van der Waals surface area contributed by atoms with E-state index in [0.717, 1.165) is 28.1 Å². The van der Waals surface area contributed by atoms with E-state index in [1.807, 2.05) is 26.1 Å². The summed E-state index contributed by atoms with van der Waals surface area (Å²) in [6, 6.07) is 12.4. The van der Waals surface area contributed by atoms with E-state index in [1.165, 1.54) is 5.56 Å². The number of hydrogen-bond acceptors (Lipinski definition) is 2. The van der Waals surface area contributed by atoms with Crippen LogP contribution in [0.2, 0.25) is 0 Å². The zero-order valence-corrected chi connectivity index (χ0v) is 13.4. The highest BCUT2D eigenvalue weighted by molar-refractivity contribution is 9.10. The molecular weight excluding hydrogens is 324 g/mol. The van der Waals surface area contributed by atoms with Crippen molar-refractivity contribution in [3.8, 4) is 0 Å². The Morgan fingerprint density at radius 2 is 1.84 bits per heavy atom. The summed E-state index contributed by atoms with van der Waals surface area (Å²) in [5.74, 6) is 1.47. The average molecular weight is 340 g/mol. The van der Waals surface area contributed by atoms with E-state index in [0.29, 0.717) is 5.88 Å². The van der Waals surface area contributed by atoms with Crippen molar-refractivity contribution >= 4 is 33.3 Å². The average Bonchev–Trinajstić information content (AvgIpc) is 2.40.